The summed E-state index contributed by atoms with van der Waals surface area (Å²) >= 11 is 0. The molecule has 2 aromatic carbocycles. The van der Waals surface area contributed by atoms with Gasteiger partial charge in [-0.1, -0.05) is 18.2 Å². The number of anilines is 2. The maximum Gasteiger partial charge on any atom is 0.255 e. The van der Waals surface area contributed by atoms with Crippen molar-refractivity contribution in [2.75, 3.05) is 43.1 Å². The van der Waals surface area contributed by atoms with Gasteiger partial charge < -0.3 is 19.7 Å². The molecule has 0 aliphatic carbocycles. The fourth-order valence-electron chi connectivity index (χ4n) is 3.88. The highest BCUT2D eigenvalue weighted by atomic mass is 19.1. The highest BCUT2D eigenvalue weighted by Crippen LogP contribution is 2.34. The van der Waals surface area contributed by atoms with Crippen molar-refractivity contribution in [1.29, 1.82) is 0 Å². The lowest BCUT2D eigenvalue weighted by molar-refractivity contribution is 0.102. The van der Waals surface area contributed by atoms with Gasteiger partial charge in [0.25, 0.3) is 5.91 Å². The molecule has 0 unspecified atom stereocenters. The van der Waals surface area contributed by atoms with Crippen LogP contribution in [0.15, 0.2) is 54.7 Å². The van der Waals surface area contributed by atoms with Crippen molar-refractivity contribution in [3.05, 3.63) is 71.4 Å². The minimum atomic E-state index is -0.605. The smallest absolute Gasteiger partial charge is 0.255 e. The number of aromatic nitrogens is 1. The Hall–Kier alpha value is -3.45. The maximum absolute atomic E-state index is 13.0. The third-order valence-electron chi connectivity index (χ3n) is 5.61. The molecule has 1 aliphatic rings. The number of nitrogens with one attached hydrogen (secondary N) is 1. The van der Waals surface area contributed by atoms with E-state index in [0.29, 0.717) is 42.5 Å². The minimum absolute atomic E-state index is 0.279. The summed E-state index contributed by atoms with van der Waals surface area (Å²) in [5.41, 5.74) is 5.46. The molecule has 172 valence electrons. The van der Waals surface area contributed by atoms with Crippen LogP contribution in [0, 0.1) is 6.92 Å². The molecule has 0 atom stereocenters. The summed E-state index contributed by atoms with van der Waals surface area (Å²) in [6, 6.07) is 14.4. The maximum atomic E-state index is 13.0. The van der Waals surface area contributed by atoms with E-state index in [-0.39, 0.29) is 5.91 Å². The van der Waals surface area contributed by atoms with Crippen molar-refractivity contribution >= 4 is 17.3 Å². The molecule has 6 nitrogen and oxygen atoms in total. The topological polar surface area (TPSA) is 63.7 Å². The Morgan fingerprint density at radius 2 is 2.00 bits per heavy atom. The van der Waals surface area contributed by atoms with E-state index < -0.39 is 6.67 Å². The van der Waals surface area contributed by atoms with Gasteiger partial charge in [-0.2, -0.15) is 0 Å². The number of carbonyl (C=O) groups excluding carboxylic acids is 1. The van der Waals surface area contributed by atoms with Crippen LogP contribution in [0.2, 0.25) is 0 Å². The van der Waals surface area contributed by atoms with Crippen LogP contribution in [0.4, 0.5) is 15.8 Å². The first-order valence-corrected chi connectivity index (χ1v) is 11.1. The van der Waals surface area contributed by atoms with Gasteiger partial charge in [0.15, 0.2) is 0 Å². The third-order valence-corrected chi connectivity index (χ3v) is 5.61. The van der Waals surface area contributed by atoms with Crippen molar-refractivity contribution in [1.82, 2.24) is 4.98 Å². The number of halogens is 1. The number of alkyl halides is 1. The standard InChI is InChI=1S/C26H28FN3O3/c1-3-33-26-24(30-9-11-32-12-10-30)14-21(17-28-26)23-15-22(8-7-18(23)2)29-25(31)20-6-4-5-19(13-20)16-27/h4-8,13-15,17H,3,9-12,16H2,1-2H3,(H,29,31). The molecule has 1 amide bonds. The lowest BCUT2D eigenvalue weighted by Crippen LogP contribution is -2.36. The molecular formula is C26H28FN3O3. The quantitative estimate of drug-likeness (QED) is 0.549. The van der Waals surface area contributed by atoms with Gasteiger partial charge in [-0.3, -0.25) is 4.79 Å². The monoisotopic (exact) mass is 449 g/mol. The van der Waals surface area contributed by atoms with Crippen molar-refractivity contribution in [2.45, 2.75) is 20.5 Å². The second-order valence-corrected chi connectivity index (χ2v) is 7.90. The van der Waals surface area contributed by atoms with Gasteiger partial charge in [-0.05, 0) is 60.9 Å². The highest BCUT2D eigenvalue weighted by Gasteiger charge is 2.19. The molecule has 3 aromatic rings. The van der Waals surface area contributed by atoms with Gasteiger partial charge in [0, 0.05) is 36.1 Å². The minimum Gasteiger partial charge on any atom is -0.476 e. The summed E-state index contributed by atoms with van der Waals surface area (Å²) in [7, 11) is 0. The van der Waals surface area contributed by atoms with Crippen LogP contribution in [-0.2, 0) is 11.4 Å². The molecule has 1 aromatic heterocycles. The molecule has 1 N–H and O–H groups in total. The molecule has 0 radical (unpaired) electrons. The number of benzene rings is 2. The predicted octanol–water partition coefficient (Wildman–Crippen LogP) is 5.01. The number of pyridine rings is 1. The van der Waals surface area contributed by atoms with E-state index in [1.807, 2.05) is 32.0 Å². The fourth-order valence-corrected chi connectivity index (χ4v) is 3.88. The molecule has 0 saturated carbocycles. The van der Waals surface area contributed by atoms with Crippen molar-refractivity contribution in [3.63, 3.8) is 0 Å². The van der Waals surface area contributed by atoms with E-state index in [0.717, 1.165) is 35.5 Å². The summed E-state index contributed by atoms with van der Waals surface area (Å²) in [4.78, 5) is 19.5. The number of carbonyl (C=O) groups is 1. The van der Waals surface area contributed by atoms with Crippen LogP contribution in [0.1, 0.15) is 28.4 Å². The normalized spacial score (nSPS) is 13.6. The number of hydrogen-bond acceptors (Lipinski definition) is 5. The molecule has 7 heteroatoms. The van der Waals surface area contributed by atoms with E-state index in [1.54, 1.807) is 30.5 Å². The number of rotatable bonds is 7. The number of morpholine rings is 1. The number of hydrogen-bond donors (Lipinski definition) is 1. The average Bonchev–Trinajstić information content (AvgIpc) is 2.86. The first-order valence-electron chi connectivity index (χ1n) is 11.1. The van der Waals surface area contributed by atoms with Crippen LogP contribution in [0.5, 0.6) is 5.88 Å². The molecule has 1 aliphatic heterocycles. The first-order chi connectivity index (χ1) is 16.1. The lowest BCUT2D eigenvalue weighted by atomic mass is 10.0. The molecule has 1 saturated heterocycles. The Balaban J connectivity index is 1.63. The second-order valence-electron chi connectivity index (χ2n) is 7.90. The van der Waals surface area contributed by atoms with Crippen molar-refractivity contribution in [2.24, 2.45) is 0 Å². The molecular weight excluding hydrogens is 421 g/mol. The van der Waals surface area contributed by atoms with Crippen molar-refractivity contribution < 1.29 is 18.7 Å². The second kappa shape index (κ2) is 10.4. The van der Waals surface area contributed by atoms with Gasteiger partial charge in [-0.15, -0.1) is 0 Å². The van der Waals surface area contributed by atoms with Gasteiger partial charge in [0.1, 0.15) is 12.4 Å². The zero-order chi connectivity index (χ0) is 23.2. The van der Waals surface area contributed by atoms with Crippen LogP contribution in [0.3, 0.4) is 0 Å². The van der Waals surface area contributed by atoms with Crippen LogP contribution in [0.25, 0.3) is 11.1 Å². The summed E-state index contributed by atoms with van der Waals surface area (Å²) in [6.45, 7) is 6.78. The van der Waals surface area contributed by atoms with E-state index >= 15 is 0 Å². The summed E-state index contributed by atoms with van der Waals surface area (Å²) in [6.07, 6.45) is 1.80. The zero-order valence-corrected chi connectivity index (χ0v) is 18.9. The van der Waals surface area contributed by atoms with Crippen molar-refractivity contribution in [3.8, 4) is 17.0 Å². The van der Waals surface area contributed by atoms with E-state index in [2.05, 4.69) is 21.3 Å². The van der Waals surface area contributed by atoms with E-state index in [9.17, 15) is 9.18 Å². The zero-order valence-electron chi connectivity index (χ0n) is 18.9. The van der Waals surface area contributed by atoms with Gasteiger partial charge >= 0.3 is 0 Å². The highest BCUT2D eigenvalue weighted by molar-refractivity contribution is 6.04. The average molecular weight is 450 g/mol. The molecule has 4 rings (SSSR count). The number of amides is 1. The molecule has 0 bridgehead atoms. The van der Waals surface area contributed by atoms with Crippen LogP contribution >= 0.6 is 0 Å². The van der Waals surface area contributed by atoms with E-state index in [1.165, 1.54) is 0 Å². The largest absolute Gasteiger partial charge is 0.476 e. The van der Waals surface area contributed by atoms with Crippen LogP contribution in [-0.4, -0.2) is 43.8 Å². The predicted molar refractivity (Wildman–Crippen MR) is 128 cm³/mol. The Morgan fingerprint density at radius 1 is 1.18 bits per heavy atom. The van der Waals surface area contributed by atoms with Crippen LogP contribution < -0.4 is 15.0 Å². The summed E-state index contributed by atoms with van der Waals surface area (Å²) < 4.78 is 24.2. The Kier molecular flexibility index (Phi) is 7.19. The molecule has 33 heavy (non-hydrogen) atoms. The number of ether oxygens (including phenoxy) is 2. The van der Waals surface area contributed by atoms with Gasteiger partial charge in [-0.25, -0.2) is 9.37 Å². The molecule has 2 heterocycles. The van der Waals surface area contributed by atoms with Gasteiger partial charge in [0.2, 0.25) is 5.88 Å². The Bertz CT molecular complexity index is 1130. The van der Waals surface area contributed by atoms with Gasteiger partial charge in [0.05, 0.1) is 19.8 Å². The Morgan fingerprint density at radius 3 is 2.76 bits per heavy atom. The van der Waals surface area contributed by atoms with E-state index in [4.69, 9.17) is 9.47 Å². The fraction of sp³-hybridized carbons (Fsp3) is 0.308. The summed E-state index contributed by atoms with van der Waals surface area (Å²) in [5, 5.41) is 2.92. The lowest BCUT2D eigenvalue weighted by Gasteiger charge is -2.30. The SMILES string of the molecule is CCOc1ncc(-c2cc(NC(=O)c3cccc(CF)c3)ccc2C)cc1N1CCOCC1. The number of aryl methyl sites for hydroxylation is 1. The molecule has 0 spiro atoms. The first kappa shape index (κ1) is 22.7. The third kappa shape index (κ3) is 5.31. The molecule has 1 fully saturated rings. The number of nitrogens with zero attached hydrogens (tertiary/aromatic N) is 2. The Labute approximate surface area is 193 Å². The summed E-state index contributed by atoms with van der Waals surface area (Å²) in [5.74, 6) is 0.330.